The van der Waals surface area contributed by atoms with E-state index in [1.807, 2.05) is 29.4 Å². The fourth-order valence-corrected chi connectivity index (χ4v) is 5.00. The first-order valence-electron chi connectivity index (χ1n) is 10.2. The number of fused-ring (bicyclic) bond motifs is 4. The molecule has 2 aliphatic rings. The van der Waals surface area contributed by atoms with Crippen molar-refractivity contribution < 1.29 is 14.3 Å². The number of ether oxygens (including phenoxy) is 1. The quantitative estimate of drug-likeness (QED) is 0.745. The van der Waals surface area contributed by atoms with E-state index in [0.29, 0.717) is 43.1 Å². The van der Waals surface area contributed by atoms with E-state index in [2.05, 4.69) is 0 Å². The number of hydrogen-bond acceptors (Lipinski definition) is 4. The second kappa shape index (κ2) is 7.21. The molecule has 0 saturated carbocycles. The number of esters is 1. The Morgan fingerprint density at radius 2 is 1.93 bits per heavy atom. The maximum atomic E-state index is 13.5. The maximum absolute atomic E-state index is 13.5. The van der Waals surface area contributed by atoms with Gasteiger partial charge in [-0.3, -0.25) is 9.59 Å². The molecular weight excluding hydrogens is 370 g/mol. The van der Waals surface area contributed by atoms with Crippen molar-refractivity contribution >= 4 is 11.9 Å². The van der Waals surface area contributed by atoms with Crippen molar-refractivity contribution in [2.24, 2.45) is 13.0 Å². The van der Waals surface area contributed by atoms with Gasteiger partial charge in [-0.15, -0.1) is 0 Å². The highest BCUT2D eigenvalue weighted by Gasteiger charge is 2.38. The van der Waals surface area contributed by atoms with Crippen molar-refractivity contribution in [3.8, 4) is 0 Å². The lowest BCUT2D eigenvalue weighted by atomic mass is 9.83. The minimum absolute atomic E-state index is 0.0332. The van der Waals surface area contributed by atoms with Crippen molar-refractivity contribution in [2.75, 3.05) is 19.7 Å². The fraction of sp³-hybridized carbons (Fsp3) is 0.500. The van der Waals surface area contributed by atoms with Crippen LogP contribution in [0.1, 0.15) is 57.1 Å². The maximum Gasteiger partial charge on any atom is 0.355 e. The molecule has 0 spiro atoms. The number of amides is 1. The number of carbonyl (C=O) groups is 2. The summed E-state index contributed by atoms with van der Waals surface area (Å²) in [6.07, 6.45) is 0.994. The van der Waals surface area contributed by atoms with Crippen molar-refractivity contribution in [2.45, 2.75) is 39.7 Å². The van der Waals surface area contributed by atoms with Crippen LogP contribution < -0.4 is 5.56 Å². The first-order valence-corrected chi connectivity index (χ1v) is 10.2. The molecule has 4 rings (SSSR count). The number of aromatic nitrogens is 2. The predicted octanol–water partition coefficient (Wildman–Crippen LogP) is 2.24. The Labute approximate surface area is 169 Å². The van der Waals surface area contributed by atoms with Crippen LogP contribution in [0.25, 0.3) is 0 Å². The van der Waals surface area contributed by atoms with Crippen LogP contribution in [0.15, 0.2) is 23.0 Å². The summed E-state index contributed by atoms with van der Waals surface area (Å²) in [7, 11) is 1.79. The first-order chi connectivity index (χ1) is 13.8. The van der Waals surface area contributed by atoms with Crippen LogP contribution >= 0.6 is 0 Å². The largest absolute Gasteiger partial charge is 0.461 e. The average Bonchev–Trinajstić information content (AvgIpc) is 2.91. The number of likely N-dealkylation sites (tertiary alicyclic amines) is 1. The lowest BCUT2D eigenvalue weighted by Crippen LogP contribution is -2.49. The van der Waals surface area contributed by atoms with Crippen molar-refractivity contribution in [1.82, 2.24) is 14.0 Å². The van der Waals surface area contributed by atoms with Crippen LogP contribution in [0.2, 0.25) is 0 Å². The Morgan fingerprint density at radius 3 is 2.66 bits per heavy atom. The van der Waals surface area contributed by atoms with Crippen LogP contribution in [0.5, 0.6) is 0 Å². The Kier molecular flexibility index (Phi) is 4.84. The van der Waals surface area contributed by atoms with Crippen molar-refractivity contribution in [3.63, 3.8) is 0 Å². The number of hydrogen-bond donors (Lipinski definition) is 0. The molecule has 0 aromatic carbocycles. The monoisotopic (exact) mass is 397 g/mol. The highest BCUT2D eigenvalue weighted by Crippen LogP contribution is 2.36. The Morgan fingerprint density at radius 1 is 1.17 bits per heavy atom. The summed E-state index contributed by atoms with van der Waals surface area (Å²) in [4.78, 5) is 40.0. The van der Waals surface area contributed by atoms with E-state index < -0.39 is 5.97 Å². The summed E-state index contributed by atoms with van der Waals surface area (Å²) in [5.41, 5.74) is 3.50. The van der Waals surface area contributed by atoms with Gasteiger partial charge in [0.1, 0.15) is 5.69 Å². The van der Waals surface area contributed by atoms with Gasteiger partial charge in [0.15, 0.2) is 0 Å². The second-order valence-corrected chi connectivity index (χ2v) is 8.12. The van der Waals surface area contributed by atoms with Gasteiger partial charge in [0, 0.05) is 50.1 Å². The summed E-state index contributed by atoms with van der Waals surface area (Å²) in [6.45, 7) is 7.59. The molecule has 2 unspecified atom stereocenters. The Balaban J connectivity index is 1.66. The molecular formula is C22H27N3O4. The van der Waals surface area contributed by atoms with Gasteiger partial charge < -0.3 is 18.8 Å². The molecule has 1 saturated heterocycles. The molecule has 1 fully saturated rings. The van der Waals surface area contributed by atoms with E-state index >= 15 is 0 Å². The van der Waals surface area contributed by atoms with Crippen LogP contribution in [-0.2, 0) is 18.3 Å². The molecule has 7 nitrogen and oxygen atoms in total. The molecule has 7 heteroatoms. The lowest BCUT2D eigenvalue weighted by molar-refractivity contribution is 0.0514. The molecule has 1 amide bonds. The van der Waals surface area contributed by atoms with Gasteiger partial charge in [0.05, 0.1) is 12.2 Å². The Bertz CT molecular complexity index is 1050. The molecule has 29 heavy (non-hydrogen) atoms. The van der Waals surface area contributed by atoms with E-state index in [0.717, 1.165) is 17.8 Å². The number of rotatable bonds is 3. The highest BCUT2D eigenvalue weighted by molar-refractivity contribution is 6.01. The average molecular weight is 397 g/mol. The van der Waals surface area contributed by atoms with Gasteiger partial charge in [0.2, 0.25) is 0 Å². The summed E-state index contributed by atoms with van der Waals surface area (Å²) in [6, 6.07) is 5.39. The van der Waals surface area contributed by atoms with E-state index in [1.165, 1.54) is 0 Å². The summed E-state index contributed by atoms with van der Waals surface area (Å²) < 4.78 is 8.79. The lowest BCUT2D eigenvalue weighted by Gasteiger charge is -2.42. The van der Waals surface area contributed by atoms with E-state index in [9.17, 15) is 14.4 Å². The van der Waals surface area contributed by atoms with Gasteiger partial charge in [-0.2, -0.15) is 0 Å². The van der Waals surface area contributed by atoms with Crippen molar-refractivity contribution in [3.05, 3.63) is 56.8 Å². The molecule has 0 N–H and O–H groups in total. The van der Waals surface area contributed by atoms with Crippen LogP contribution in [-0.4, -0.2) is 45.6 Å². The predicted molar refractivity (Wildman–Crippen MR) is 108 cm³/mol. The van der Waals surface area contributed by atoms with Crippen molar-refractivity contribution in [1.29, 1.82) is 0 Å². The zero-order chi connectivity index (χ0) is 20.9. The first kappa shape index (κ1) is 19.5. The summed E-state index contributed by atoms with van der Waals surface area (Å²) in [5, 5.41) is 0. The zero-order valence-corrected chi connectivity index (χ0v) is 17.4. The standard InChI is InChI=1S/C22H27N3O4/c1-5-29-22(28)20-13(2)19(14(3)23(20)4)21(27)24-10-15-9-16(12-24)17-7-6-8-18(26)25(17)11-15/h6-8,15-16H,5,9-12H2,1-4H3. The fourth-order valence-electron chi connectivity index (χ4n) is 5.00. The number of nitrogens with zero attached hydrogens (tertiary/aromatic N) is 3. The van der Waals surface area contributed by atoms with Gasteiger partial charge >= 0.3 is 5.97 Å². The summed E-state index contributed by atoms with van der Waals surface area (Å²) >= 11 is 0. The van der Waals surface area contributed by atoms with Gasteiger partial charge in [0.25, 0.3) is 11.5 Å². The summed E-state index contributed by atoms with van der Waals surface area (Å²) in [5.74, 6) is -0.0283. The topological polar surface area (TPSA) is 73.5 Å². The Hall–Kier alpha value is -2.83. The van der Waals surface area contributed by atoms with Crippen LogP contribution in [0.4, 0.5) is 0 Å². The molecule has 4 heterocycles. The minimum atomic E-state index is -0.404. The molecule has 0 aliphatic carbocycles. The smallest absolute Gasteiger partial charge is 0.355 e. The number of pyridine rings is 1. The van der Waals surface area contributed by atoms with Gasteiger partial charge in [-0.05, 0) is 44.7 Å². The molecule has 2 aromatic rings. The van der Waals surface area contributed by atoms with Crippen LogP contribution in [0, 0.1) is 19.8 Å². The van der Waals surface area contributed by atoms with E-state index in [4.69, 9.17) is 4.74 Å². The molecule has 2 aliphatic heterocycles. The minimum Gasteiger partial charge on any atom is -0.461 e. The molecule has 2 bridgehead atoms. The second-order valence-electron chi connectivity index (χ2n) is 8.12. The molecule has 0 radical (unpaired) electrons. The third-order valence-electron chi connectivity index (χ3n) is 6.38. The SMILES string of the molecule is CCOC(=O)c1c(C)c(C(=O)N2CC3CC(C2)c2cccc(=O)n2C3)c(C)n1C. The number of carbonyl (C=O) groups excluding carboxylic acids is 2. The van der Waals surface area contributed by atoms with E-state index in [-0.39, 0.29) is 23.3 Å². The third-order valence-corrected chi connectivity index (χ3v) is 6.38. The van der Waals surface area contributed by atoms with Gasteiger partial charge in [-0.1, -0.05) is 6.07 Å². The molecule has 154 valence electrons. The third kappa shape index (κ3) is 3.09. The normalized spacial score (nSPS) is 20.3. The van der Waals surface area contributed by atoms with Crippen LogP contribution in [0.3, 0.4) is 0 Å². The van der Waals surface area contributed by atoms with Gasteiger partial charge in [-0.25, -0.2) is 4.79 Å². The molecule has 2 atom stereocenters. The van der Waals surface area contributed by atoms with E-state index in [1.54, 1.807) is 30.7 Å². The zero-order valence-electron chi connectivity index (χ0n) is 17.4. The number of piperidine rings is 1. The highest BCUT2D eigenvalue weighted by atomic mass is 16.5. The molecule has 2 aromatic heterocycles.